The molecule has 5 rings (SSSR count). The van der Waals surface area contributed by atoms with E-state index in [0.29, 0.717) is 36.5 Å². The van der Waals surface area contributed by atoms with Crippen LogP contribution in [-0.2, 0) is 4.74 Å². The van der Waals surface area contributed by atoms with Crippen molar-refractivity contribution in [2.75, 3.05) is 23.4 Å². The number of nitrogens with one attached hydrogen (secondary N) is 2. The number of ether oxygens (including phenoxy) is 2. The van der Waals surface area contributed by atoms with Gasteiger partial charge in [-0.3, -0.25) is 0 Å². The van der Waals surface area contributed by atoms with Crippen molar-refractivity contribution in [3.8, 4) is 17.1 Å². The number of hydrogen-bond acceptors (Lipinski definition) is 9. The number of rotatable bonds is 5. The number of nitrogens with zero attached hydrogens (tertiary/aromatic N) is 5. The predicted molar refractivity (Wildman–Crippen MR) is 141 cm³/mol. The molecule has 10 heteroatoms. The van der Waals surface area contributed by atoms with E-state index in [2.05, 4.69) is 20.6 Å². The first-order valence-corrected chi connectivity index (χ1v) is 12.8. The molecule has 1 fully saturated rings. The third-order valence-corrected chi connectivity index (χ3v) is 6.30. The van der Waals surface area contributed by atoms with Gasteiger partial charge in [-0.05, 0) is 52.5 Å². The van der Waals surface area contributed by atoms with E-state index in [1.807, 2.05) is 62.1 Å². The first-order chi connectivity index (χ1) is 17.8. The van der Waals surface area contributed by atoms with Crippen molar-refractivity contribution in [1.29, 1.82) is 0 Å². The van der Waals surface area contributed by atoms with E-state index in [9.17, 15) is 4.79 Å². The zero-order valence-electron chi connectivity index (χ0n) is 21.5. The van der Waals surface area contributed by atoms with Crippen LogP contribution in [0.5, 0.6) is 5.75 Å². The molecule has 10 nitrogen and oxygen atoms in total. The average Bonchev–Trinajstić information content (AvgIpc) is 2.89. The largest absolute Gasteiger partial charge is 0.486 e. The van der Waals surface area contributed by atoms with Crippen LogP contribution in [0.3, 0.4) is 0 Å². The molecule has 0 spiro atoms. The minimum absolute atomic E-state index is 0.114. The van der Waals surface area contributed by atoms with E-state index >= 15 is 0 Å². The lowest BCUT2D eigenvalue weighted by molar-refractivity contribution is 0.0492. The lowest BCUT2D eigenvalue weighted by Gasteiger charge is -2.31. The van der Waals surface area contributed by atoms with Gasteiger partial charge < -0.3 is 25.0 Å². The minimum atomic E-state index is -0.499. The predicted octanol–water partition coefficient (Wildman–Crippen LogP) is 4.71. The molecule has 1 amide bonds. The Hall–Kier alpha value is -3.95. The van der Waals surface area contributed by atoms with Gasteiger partial charge in [-0.15, -0.1) is 0 Å². The summed E-state index contributed by atoms with van der Waals surface area (Å²) in [4.78, 5) is 32.7. The molecule has 0 radical (unpaired) electrons. The van der Waals surface area contributed by atoms with E-state index in [1.54, 1.807) is 12.4 Å². The maximum absolute atomic E-state index is 12.1. The van der Waals surface area contributed by atoms with Crippen LogP contribution in [0.15, 0.2) is 48.8 Å². The van der Waals surface area contributed by atoms with Crippen molar-refractivity contribution in [1.82, 2.24) is 25.3 Å². The van der Waals surface area contributed by atoms with E-state index in [0.717, 1.165) is 37.1 Å². The summed E-state index contributed by atoms with van der Waals surface area (Å²) in [6.07, 6.45) is 6.67. The lowest BCUT2D eigenvalue weighted by Crippen LogP contribution is -2.42. The normalized spacial score (nSPS) is 19.4. The molecule has 0 atom stereocenters. The molecule has 3 heterocycles. The van der Waals surface area contributed by atoms with Crippen LogP contribution in [0.4, 0.5) is 22.4 Å². The van der Waals surface area contributed by atoms with Crippen LogP contribution in [0, 0.1) is 0 Å². The SMILES string of the molecule is CC(C)(C)OC(=O)NC1CCC(Nc2nccc(N3CCOc4cnc(-c5ccccc5)nc43)n2)CC1. The summed E-state index contributed by atoms with van der Waals surface area (Å²) < 4.78 is 11.2. The Labute approximate surface area is 216 Å². The molecule has 1 aliphatic carbocycles. The first kappa shape index (κ1) is 24.7. The topological polar surface area (TPSA) is 114 Å². The fourth-order valence-corrected chi connectivity index (χ4v) is 4.57. The number of carbonyl (C=O) groups is 1. The van der Waals surface area contributed by atoms with Gasteiger partial charge in [0, 0.05) is 23.8 Å². The molecule has 0 bridgehead atoms. The highest BCUT2D eigenvalue weighted by Gasteiger charge is 2.27. The zero-order chi connectivity index (χ0) is 25.8. The quantitative estimate of drug-likeness (QED) is 0.511. The van der Waals surface area contributed by atoms with Crippen molar-refractivity contribution in [3.05, 3.63) is 48.8 Å². The number of benzene rings is 1. The second-order valence-electron chi connectivity index (χ2n) is 10.3. The second-order valence-corrected chi connectivity index (χ2v) is 10.3. The standard InChI is InChI=1S/C27H33N7O3/c1-27(2,3)37-26(35)31-20-11-9-19(10-12-20)30-25-28-14-13-22(32-25)34-15-16-36-21-17-29-23(33-24(21)34)18-7-5-4-6-8-18/h4-8,13-14,17,19-20H,9-12,15-16H2,1-3H3,(H,31,35)(H,28,30,32). The number of fused-ring (bicyclic) bond motifs is 1. The van der Waals surface area contributed by atoms with E-state index < -0.39 is 5.60 Å². The summed E-state index contributed by atoms with van der Waals surface area (Å²) in [6, 6.07) is 12.1. The molecule has 1 aromatic carbocycles. The van der Waals surface area contributed by atoms with E-state index in [1.165, 1.54) is 0 Å². The number of anilines is 3. The highest BCUT2D eigenvalue weighted by atomic mass is 16.6. The Morgan fingerprint density at radius 2 is 1.78 bits per heavy atom. The summed E-state index contributed by atoms with van der Waals surface area (Å²) in [7, 11) is 0. The van der Waals surface area contributed by atoms with Crippen LogP contribution in [0.1, 0.15) is 46.5 Å². The fraction of sp³-hybridized carbons (Fsp3) is 0.444. The van der Waals surface area contributed by atoms with Crippen LogP contribution in [0.25, 0.3) is 11.4 Å². The highest BCUT2D eigenvalue weighted by molar-refractivity contribution is 5.68. The summed E-state index contributed by atoms with van der Waals surface area (Å²) in [6.45, 7) is 6.74. The first-order valence-electron chi connectivity index (χ1n) is 12.8. The molecule has 194 valence electrons. The number of aromatic nitrogens is 4. The van der Waals surface area contributed by atoms with Gasteiger partial charge in [0.15, 0.2) is 17.4 Å². The van der Waals surface area contributed by atoms with Crippen molar-refractivity contribution >= 4 is 23.7 Å². The van der Waals surface area contributed by atoms with Gasteiger partial charge in [-0.2, -0.15) is 4.98 Å². The zero-order valence-corrected chi connectivity index (χ0v) is 21.5. The molecular formula is C27H33N7O3. The number of carbonyl (C=O) groups excluding carboxylic acids is 1. The maximum Gasteiger partial charge on any atom is 0.407 e. The van der Waals surface area contributed by atoms with Crippen LogP contribution >= 0.6 is 0 Å². The number of alkyl carbamates (subject to hydrolysis) is 1. The van der Waals surface area contributed by atoms with Crippen molar-refractivity contribution in [2.24, 2.45) is 0 Å². The van der Waals surface area contributed by atoms with Crippen LogP contribution < -0.4 is 20.3 Å². The molecule has 0 saturated heterocycles. The van der Waals surface area contributed by atoms with Gasteiger partial charge in [0.2, 0.25) is 5.95 Å². The Morgan fingerprint density at radius 3 is 2.54 bits per heavy atom. The summed E-state index contributed by atoms with van der Waals surface area (Å²) >= 11 is 0. The van der Waals surface area contributed by atoms with Gasteiger partial charge in [0.1, 0.15) is 18.0 Å². The Kier molecular flexibility index (Phi) is 7.07. The molecule has 0 unspecified atom stereocenters. The van der Waals surface area contributed by atoms with E-state index in [4.69, 9.17) is 19.4 Å². The molecule has 1 aliphatic heterocycles. The molecule has 3 aromatic rings. The third-order valence-electron chi connectivity index (χ3n) is 6.30. The molecule has 2 N–H and O–H groups in total. The smallest absolute Gasteiger partial charge is 0.407 e. The molecular weight excluding hydrogens is 470 g/mol. The average molecular weight is 504 g/mol. The molecule has 1 saturated carbocycles. The van der Waals surface area contributed by atoms with Gasteiger partial charge in [-0.25, -0.2) is 19.7 Å². The Bertz CT molecular complexity index is 1220. The Balaban J connectivity index is 1.24. The summed E-state index contributed by atoms with van der Waals surface area (Å²) in [5.74, 6) is 3.29. The summed E-state index contributed by atoms with van der Waals surface area (Å²) in [5.41, 5.74) is 0.444. The van der Waals surface area contributed by atoms with Gasteiger partial charge in [0.05, 0.1) is 12.7 Å². The fourth-order valence-electron chi connectivity index (χ4n) is 4.57. The van der Waals surface area contributed by atoms with Crippen molar-refractivity contribution < 1.29 is 14.3 Å². The van der Waals surface area contributed by atoms with Gasteiger partial charge >= 0.3 is 6.09 Å². The number of hydrogen-bond donors (Lipinski definition) is 2. The van der Waals surface area contributed by atoms with Crippen molar-refractivity contribution in [2.45, 2.75) is 64.1 Å². The minimum Gasteiger partial charge on any atom is -0.486 e. The van der Waals surface area contributed by atoms with Crippen LogP contribution in [-0.4, -0.2) is 56.9 Å². The third kappa shape index (κ3) is 6.25. The molecule has 2 aromatic heterocycles. The van der Waals surface area contributed by atoms with E-state index in [-0.39, 0.29) is 18.2 Å². The van der Waals surface area contributed by atoms with Crippen LogP contribution in [0.2, 0.25) is 0 Å². The summed E-state index contributed by atoms with van der Waals surface area (Å²) in [5, 5.41) is 6.46. The molecule has 37 heavy (non-hydrogen) atoms. The van der Waals surface area contributed by atoms with Crippen molar-refractivity contribution in [3.63, 3.8) is 0 Å². The lowest BCUT2D eigenvalue weighted by atomic mass is 9.91. The monoisotopic (exact) mass is 503 g/mol. The highest BCUT2D eigenvalue weighted by Crippen LogP contribution is 2.35. The second kappa shape index (κ2) is 10.6. The maximum atomic E-state index is 12.1. The molecule has 2 aliphatic rings. The van der Waals surface area contributed by atoms with Gasteiger partial charge in [-0.1, -0.05) is 30.3 Å². The number of amides is 1. The van der Waals surface area contributed by atoms with Gasteiger partial charge in [0.25, 0.3) is 0 Å². The Morgan fingerprint density at radius 1 is 1.03 bits per heavy atom.